The van der Waals surface area contributed by atoms with Gasteiger partial charge in [0, 0.05) is 55.0 Å². The Morgan fingerprint density at radius 2 is 2.08 bits per heavy atom. The zero-order valence-electron chi connectivity index (χ0n) is 13.8. The molecule has 0 bridgehead atoms. The summed E-state index contributed by atoms with van der Waals surface area (Å²) in [4.78, 5) is 21.2. The molecule has 0 spiro atoms. The summed E-state index contributed by atoms with van der Waals surface area (Å²) in [7, 11) is 1.90. The molecule has 2 aliphatic rings. The normalized spacial score (nSPS) is 21.0. The molecule has 0 radical (unpaired) electrons. The van der Waals surface area contributed by atoms with Crippen molar-refractivity contribution in [1.29, 1.82) is 0 Å². The number of amides is 2. The van der Waals surface area contributed by atoms with E-state index >= 15 is 0 Å². The van der Waals surface area contributed by atoms with Crippen LogP contribution in [0.5, 0.6) is 0 Å². The van der Waals surface area contributed by atoms with Gasteiger partial charge in [-0.1, -0.05) is 0 Å². The predicted octanol–water partition coefficient (Wildman–Crippen LogP) is 3.51. The number of thiazole rings is 1. The summed E-state index contributed by atoms with van der Waals surface area (Å²) < 4.78 is 0. The van der Waals surface area contributed by atoms with Gasteiger partial charge in [0.05, 0.1) is 0 Å². The largest absolute Gasteiger partial charge is 0.323 e. The number of likely N-dealkylation sites (N-methyl/N-ethyl adjacent to an activating group) is 1. The number of benzene rings is 1. The van der Waals surface area contributed by atoms with Gasteiger partial charge in [-0.3, -0.25) is 4.90 Å². The van der Waals surface area contributed by atoms with Gasteiger partial charge in [0.2, 0.25) is 0 Å². The number of hydrogen-bond donors (Lipinski definition) is 1. The Morgan fingerprint density at radius 3 is 2.75 bits per heavy atom. The quantitative estimate of drug-likeness (QED) is 0.925. The van der Waals surface area contributed by atoms with Gasteiger partial charge in [0.15, 0.2) is 0 Å². The minimum atomic E-state index is -0.0281. The van der Waals surface area contributed by atoms with E-state index in [0.717, 1.165) is 41.8 Å². The van der Waals surface area contributed by atoms with Gasteiger partial charge in [-0.05, 0) is 43.5 Å². The lowest BCUT2D eigenvalue weighted by atomic mass is 10.2. The second kappa shape index (κ2) is 6.53. The molecule has 1 aromatic heterocycles. The second-order valence-electron chi connectivity index (χ2n) is 6.62. The molecular weight excluding hydrogens is 320 g/mol. The van der Waals surface area contributed by atoms with Gasteiger partial charge < -0.3 is 10.2 Å². The molecule has 2 aromatic rings. The first-order valence-electron chi connectivity index (χ1n) is 8.48. The van der Waals surface area contributed by atoms with Crippen molar-refractivity contribution < 1.29 is 4.79 Å². The molecule has 2 fully saturated rings. The summed E-state index contributed by atoms with van der Waals surface area (Å²) >= 11 is 1.61. The summed E-state index contributed by atoms with van der Waals surface area (Å²) in [5.74, 6) is 0. The number of anilines is 1. The molecule has 6 heteroatoms. The molecule has 1 aromatic carbocycles. The summed E-state index contributed by atoms with van der Waals surface area (Å²) in [5, 5.41) is 5.96. The van der Waals surface area contributed by atoms with Crippen LogP contribution in [-0.4, -0.2) is 53.0 Å². The average molecular weight is 342 g/mol. The van der Waals surface area contributed by atoms with Gasteiger partial charge in [0.1, 0.15) is 5.01 Å². The fourth-order valence-electron chi connectivity index (χ4n) is 3.30. The lowest BCUT2D eigenvalue weighted by Gasteiger charge is -2.25. The lowest BCUT2D eigenvalue weighted by Crippen LogP contribution is -2.41. The Kier molecular flexibility index (Phi) is 4.24. The smallest absolute Gasteiger partial charge is 0.321 e. The Morgan fingerprint density at radius 1 is 1.29 bits per heavy atom. The van der Waals surface area contributed by atoms with Gasteiger partial charge in [-0.25, -0.2) is 9.78 Å². The molecular formula is C18H22N4OS. The minimum absolute atomic E-state index is 0.0281. The Hall–Kier alpha value is -1.92. The number of likely N-dealkylation sites (tertiary alicyclic amines) is 1. The summed E-state index contributed by atoms with van der Waals surface area (Å²) in [6.07, 6.45) is 5.53. The number of urea groups is 1. The molecule has 24 heavy (non-hydrogen) atoms. The summed E-state index contributed by atoms with van der Waals surface area (Å²) in [6, 6.07) is 8.95. The van der Waals surface area contributed by atoms with Crippen LogP contribution in [0.1, 0.15) is 19.3 Å². The molecule has 1 saturated carbocycles. The Balaban J connectivity index is 1.35. The van der Waals surface area contributed by atoms with Crippen LogP contribution in [0.3, 0.4) is 0 Å². The number of carbonyl (C=O) groups excluding carboxylic acids is 1. The highest BCUT2D eigenvalue weighted by atomic mass is 32.1. The van der Waals surface area contributed by atoms with E-state index in [1.165, 1.54) is 12.8 Å². The van der Waals surface area contributed by atoms with Crippen molar-refractivity contribution in [3.05, 3.63) is 35.8 Å². The van der Waals surface area contributed by atoms with Crippen molar-refractivity contribution in [2.75, 3.05) is 25.5 Å². The van der Waals surface area contributed by atoms with Gasteiger partial charge in [0.25, 0.3) is 0 Å². The lowest BCUT2D eigenvalue weighted by molar-refractivity contribution is 0.201. The van der Waals surface area contributed by atoms with Crippen LogP contribution in [0, 0.1) is 0 Å². The number of hydrogen-bond acceptors (Lipinski definition) is 4. The third-order valence-electron chi connectivity index (χ3n) is 4.94. The molecule has 1 N–H and O–H groups in total. The van der Waals surface area contributed by atoms with Crippen molar-refractivity contribution in [1.82, 2.24) is 14.8 Å². The maximum atomic E-state index is 12.5. The molecule has 4 rings (SSSR count). The third-order valence-corrected chi connectivity index (χ3v) is 5.76. The maximum absolute atomic E-state index is 12.5. The van der Waals surface area contributed by atoms with Crippen molar-refractivity contribution in [2.24, 2.45) is 0 Å². The van der Waals surface area contributed by atoms with Crippen LogP contribution in [0.2, 0.25) is 0 Å². The first-order chi connectivity index (χ1) is 11.7. The molecule has 1 saturated heterocycles. The van der Waals surface area contributed by atoms with E-state index in [-0.39, 0.29) is 6.03 Å². The first kappa shape index (κ1) is 15.6. The molecule has 0 unspecified atom stereocenters. The molecule has 1 atom stereocenters. The molecule has 126 valence electrons. The van der Waals surface area contributed by atoms with Crippen LogP contribution >= 0.6 is 11.3 Å². The number of rotatable bonds is 4. The highest BCUT2D eigenvalue weighted by Crippen LogP contribution is 2.31. The van der Waals surface area contributed by atoms with Crippen LogP contribution in [0.4, 0.5) is 10.5 Å². The van der Waals surface area contributed by atoms with Crippen LogP contribution in [0.25, 0.3) is 10.6 Å². The number of nitrogens with one attached hydrogen (secondary N) is 1. The second-order valence-corrected chi connectivity index (χ2v) is 7.52. The maximum Gasteiger partial charge on any atom is 0.321 e. The Labute approximate surface area is 146 Å². The Bertz CT molecular complexity index is 696. The standard InChI is InChI=1S/C18H22N4OS/c1-21(16-8-10-22(12-16)15-6-7-15)18(23)20-14-4-2-13(3-5-14)17-19-9-11-24-17/h2-5,9,11,15-16H,6-8,10,12H2,1H3,(H,20,23)/t16-/m0/s1. The molecule has 1 aliphatic heterocycles. The van der Waals surface area contributed by atoms with E-state index in [4.69, 9.17) is 0 Å². The van der Waals surface area contributed by atoms with Gasteiger partial charge in [-0.15, -0.1) is 11.3 Å². The number of aromatic nitrogens is 1. The zero-order valence-corrected chi connectivity index (χ0v) is 14.6. The fraction of sp³-hybridized carbons (Fsp3) is 0.444. The monoisotopic (exact) mass is 342 g/mol. The average Bonchev–Trinajstić information content (AvgIpc) is 3.12. The van der Waals surface area contributed by atoms with Crippen LogP contribution < -0.4 is 5.32 Å². The van der Waals surface area contributed by atoms with E-state index in [1.807, 2.05) is 41.6 Å². The minimum Gasteiger partial charge on any atom is -0.323 e. The van der Waals surface area contributed by atoms with E-state index < -0.39 is 0 Å². The predicted molar refractivity (Wildman–Crippen MR) is 97.3 cm³/mol. The van der Waals surface area contributed by atoms with E-state index in [2.05, 4.69) is 15.2 Å². The SMILES string of the molecule is CN(C(=O)Nc1ccc(-c2nccs2)cc1)[C@H]1CCN(C2CC2)C1. The highest BCUT2D eigenvalue weighted by molar-refractivity contribution is 7.13. The molecule has 5 nitrogen and oxygen atoms in total. The van der Waals surface area contributed by atoms with Crippen molar-refractivity contribution in [3.63, 3.8) is 0 Å². The first-order valence-corrected chi connectivity index (χ1v) is 9.36. The van der Waals surface area contributed by atoms with Crippen LogP contribution in [0.15, 0.2) is 35.8 Å². The van der Waals surface area contributed by atoms with E-state index in [0.29, 0.717) is 6.04 Å². The van der Waals surface area contributed by atoms with Crippen LogP contribution in [-0.2, 0) is 0 Å². The highest BCUT2D eigenvalue weighted by Gasteiger charge is 2.36. The van der Waals surface area contributed by atoms with Crippen molar-refractivity contribution >= 4 is 23.1 Å². The van der Waals surface area contributed by atoms with Crippen molar-refractivity contribution in [3.8, 4) is 10.6 Å². The van der Waals surface area contributed by atoms with Gasteiger partial charge >= 0.3 is 6.03 Å². The fourth-order valence-corrected chi connectivity index (χ4v) is 3.94. The number of carbonyl (C=O) groups is 1. The zero-order chi connectivity index (χ0) is 16.5. The van der Waals surface area contributed by atoms with Crippen molar-refractivity contribution in [2.45, 2.75) is 31.3 Å². The molecule has 2 amide bonds. The summed E-state index contributed by atoms with van der Waals surface area (Å²) in [5.41, 5.74) is 1.90. The topological polar surface area (TPSA) is 48.5 Å². The molecule has 2 heterocycles. The summed E-state index contributed by atoms with van der Waals surface area (Å²) in [6.45, 7) is 2.13. The van der Waals surface area contributed by atoms with E-state index in [1.54, 1.807) is 17.5 Å². The van der Waals surface area contributed by atoms with E-state index in [9.17, 15) is 4.79 Å². The number of nitrogens with zero attached hydrogens (tertiary/aromatic N) is 3. The van der Waals surface area contributed by atoms with Gasteiger partial charge in [-0.2, -0.15) is 0 Å². The third kappa shape index (κ3) is 3.30. The molecule has 1 aliphatic carbocycles.